The van der Waals surface area contributed by atoms with Crippen LogP contribution in [0.2, 0.25) is 15.1 Å². The van der Waals surface area contributed by atoms with Crippen LogP contribution in [-0.2, 0) is 11.2 Å². The fraction of sp³-hybridized carbons (Fsp3) is 0.148. The van der Waals surface area contributed by atoms with Crippen LogP contribution < -0.4 is 44.1 Å². The van der Waals surface area contributed by atoms with Crippen LogP contribution in [-0.4, -0.2) is 23.3 Å². The third kappa shape index (κ3) is 5.90. The number of Topliss-reactive ketones (excluding diaryl/α,β-unsaturated/α-hetero) is 1. The number of rotatable bonds is 6. The summed E-state index contributed by atoms with van der Waals surface area (Å²) in [5.74, 6) is -1.44. The van der Waals surface area contributed by atoms with Gasteiger partial charge in [-0.3, -0.25) is 9.78 Å². The van der Waals surface area contributed by atoms with Gasteiger partial charge in [-0.2, -0.15) is 0 Å². The van der Waals surface area contributed by atoms with Gasteiger partial charge in [-0.1, -0.05) is 40.9 Å². The molecule has 3 aromatic carbocycles. The maximum absolute atomic E-state index is 12.8. The third-order valence-electron chi connectivity index (χ3n) is 5.92. The van der Waals surface area contributed by atoms with E-state index in [1.165, 1.54) is 6.07 Å². The van der Waals surface area contributed by atoms with Crippen molar-refractivity contribution in [3.05, 3.63) is 92.6 Å². The number of carbonyl (C=O) groups excluding carboxylic acids is 2. The topological polar surface area (TPSA) is 88.6 Å². The number of carboxylic acids is 1. The smallest absolute Gasteiger partial charge is 0.549 e. The summed E-state index contributed by atoms with van der Waals surface area (Å²) in [6.45, 7) is 0.184. The predicted octanol–water partition coefficient (Wildman–Crippen LogP) is 3.03. The average Bonchev–Trinajstić information content (AvgIpc) is 2.86. The molecule has 2 heterocycles. The van der Waals surface area contributed by atoms with E-state index in [9.17, 15) is 14.7 Å². The minimum Gasteiger partial charge on any atom is -0.549 e. The summed E-state index contributed by atoms with van der Waals surface area (Å²) in [4.78, 5) is 28.8. The SMILES string of the molecule is O=C(Cc1ccc2cc(Cl)ccc2n1)c1ccc(Oc2c(Cl)cc3c(c2Cl)OCCC3C(=O)[O-])cc1.[Na+]. The number of aromatic nitrogens is 1. The van der Waals surface area contributed by atoms with Crippen LogP contribution in [0.25, 0.3) is 10.9 Å². The largest absolute Gasteiger partial charge is 1.00 e. The Balaban J connectivity index is 0.00000320. The van der Waals surface area contributed by atoms with Crippen LogP contribution >= 0.6 is 34.8 Å². The van der Waals surface area contributed by atoms with E-state index in [2.05, 4.69) is 4.98 Å². The number of pyridine rings is 1. The van der Waals surface area contributed by atoms with Gasteiger partial charge in [-0.15, -0.1) is 0 Å². The molecule has 6 nitrogen and oxygen atoms in total. The number of ether oxygens (including phenoxy) is 2. The average molecular weight is 565 g/mol. The fourth-order valence-corrected chi connectivity index (χ4v) is 4.89. The van der Waals surface area contributed by atoms with Crippen molar-refractivity contribution in [3.63, 3.8) is 0 Å². The van der Waals surface area contributed by atoms with E-state index in [1.54, 1.807) is 36.4 Å². The van der Waals surface area contributed by atoms with E-state index in [0.29, 0.717) is 27.6 Å². The molecular formula is C27H17Cl3NNaO5. The molecule has 1 aliphatic heterocycles. The minimum atomic E-state index is -1.22. The van der Waals surface area contributed by atoms with Gasteiger partial charge in [0.05, 0.1) is 23.6 Å². The molecule has 0 fully saturated rings. The first-order valence-corrected chi connectivity index (χ1v) is 12.2. The second-order valence-electron chi connectivity index (χ2n) is 8.29. The predicted molar refractivity (Wildman–Crippen MR) is 136 cm³/mol. The number of carbonyl (C=O) groups is 2. The van der Waals surface area contributed by atoms with Crippen molar-refractivity contribution in [2.45, 2.75) is 18.8 Å². The van der Waals surface area contributed by atoms with Gasteiger partial charge in [0.15, 0.2) is 11.5 Å². The molecule has 0 saturated heterocycles. The number of benzene rings is 3. The molecule has 1 unspecified atom stereocenters. The van der Waals surface area contributed by atoms with Gasteiger partial charge < -0.3 is 19.4 Å². The summed E-state index contributed by atoms with van der Waals surface area (Å²) in [6.07, 6.45) is 0.402. The third-order valence-corrected chi connectivity index (χ3v) is 6.78. The van der Waals surface area contributed by atoms with Crippen molar-refractivity contribution in [3.8, 4) is 17.2 Å². The van der Waals surface area contributed by atoms with Gasteiger partial charge in [0.1, 0.15) is 16.5 Å². The molecule has 0 radical (unpaired) electrons. The molecule has 182 valence electrons. The summed E-state index contributed by atoms with van der Waals surface area (Å²) in [5.41, 5.74) is 2.26. The van der Waals surface area contributed by atoms with Crippen molar-refractivity contribution in [1.29, 1.82) is 0 Å². The van der Waals surface area contributed by atoms with E-state index in [1.807, 2.05) is 18.2 Å². The zero-order valence-corrected chi connectivity index (χ0v) is 23.9. The Bertz CT molecular complexity index is 1510. The summed E-state index contributed by atoms with van der Waals surface area (Å²) in [5, 5.41) is 13.2. The first-order valence-electron chi connectivity index (χ1n) is 11.0. The summed E-state index contributed by atoms with van der Waals surface area (Å²) < 4.78 is 11.5. The van der Waals surface area contributed by atoms with Crippen LogP contribution in [0.3, 0.4) is 0 Å². The first-order chi connectivity index (χ1) is 17.3. The second-order valence-corrected chi connectivity index (χ2v) is 9.52. The molecule has 4 aromatic rings. The monoisotopic (exact) mass is 563 g/mol. The number of nitrogens with zero attached hydrogens (tertiary/aromatic N) is 1. The van der Waals surface area contributed by atoms with Crippen molar-refractivity contribution in [1.82, 2.24) is 4.98 Å². The maximum atomic E-state index is 12.8. The zero-order chi connectivity index (χ0) is 25.4. The van der Waals surface area contributed by atoms with E-state index in [-0.39, 0.29) is 76.3 Å². The van der Waals surface area contributed by atoms with Gasteiger partial charge >= 0.3 is 29.6 Å². The quantitative estimate of drug-likeness (QED) is 0.264. The Labute approximate surface area is 249 Å². The summed E-state index contributed by atoms with van der Waals surface area (Å²) >= 11 is 18.8. The van der Waals surface area contributed by atoms with Crippen molar-refractivity contribution >= 4 is 57.5 Å². The molecule has 0 amide bonds. The Morgan fingerprint density at radius 1 is 1.03 bits per heavy atom. The Morgan fingerprint density at radius 3 is 2.51 bits per heavy atom. The number of aliphatic carboxylic acids is 1. The van der Waals surface area contributed by atoms with Crippen LogP contribution in [0.4, 0.5) is 0 Å². The molecule has 0 saturated carbocycles. The number of ketones is 1. The van der Waals surface area contributed by atoms with Crippen molar-refractivity contribution < 1.29 is 53.7 Å². The Hall–Kier alpha value is -2.32. The van der Waals surface area contributed by atoms with E-state index in [0.717, 1.165) is 10.9 Å². The van der Waals surface area contributed by atoms with Gasteiger partial charge in [0, 0.05) is 39.1 Å². The van der Waals surface area contributed by atoms with Crippen LogP contribution in [0.1, 0.15) is 34.0 Å². The van der Waals surface area contributed by atoms with E-state index >= 15 is 0 Å². The van der Waals surface area contributed by atoms with Gasteiger partial charge in [-0.25, -0.2) is 0 Å². The van der Waals surface area contributed by atoms with E-state index < -0.39 is 11.9 Å². The molecule has 0 spiro atoms. The van der Waals surface area contributed by atoms with Crippen LogP contribution in [0, 0.1) is 0 Å². The number of halogens is 3. The summed E-state index contributed by atoms with van der Waals surface area (Å²) in [7, 11) is 0. The van der Waals surface area contributed by atoms with Gasteiger partial charge in [-0.05, 0) is 61.0 Å². The normalized spacial score (nSPS) is 14.3. The van der Waals surface area contributed by atoms with Crippen LogP contribution in [0.15, 0.2) is 60.7 Å². The van der Waals surface area contributed by atoms with Gasteiger partial charge in [0.2, 0.25) is 0 Å². The molecule has 10 heteroatoms. The number of fused-ring (bicyclic) bond motifs is 2. The summed E-state index contributed by atoms with van der Waals surface area (Å²) in [6, 6.07) is 17.1. The molecular weight excluding hydrogens is 548 g/mol. The standard InChI is InChI=1S/C27H18Cl3NO5.Na/c28-16-4-8-22-15(11-16)1-5-17(31-22)12-23(32)14-2-6-18(7-3-14)36-26-21(29)13-20-19(27(33)34)9-10-35-25(20)24(26)30;/h1-8,11,13,19H,9-10,12H2,(H,33,34);/q;+1/p-1. The molecule has 5 rings (SSSR count). The zero-order valence-electron chi connectivity index (χ0n) is 19.6. The number of hydrogen-bond donors (Lipinski definition) is 0. The number of carboxylic acid groups (broad SMARTS) is 1. The molecule has 1 aromatic heterocycles. The molecule has 1 aliphatic rings. The van der Waals surface area contributed by atoms with Gasteiger partial charge in [0.25, 0.3) is 0 Å². The molecule has 37 heavy (non-hydrogen) atoms. The molecule has 0 aliphatic carbocycles. The first kappa shape index (κ1) is 27.7. The molecule has 1 atom stereocenters. The Kier molecular flexibility index (Phi) is 8.69. The van der Waals surface area contributed by atoms with Crippen molar-refractivity contribution in [2.24, 2.45) is 0 Å². The number of hydrogen-bond acceptors (Lipinski definition) is 6. The second kappa shape index (κ2) is 11.6. The molecule has 0 bridgehead atoms. The Morgan fingerprint density at radius 2 is 1.78 bits per heavy atom. The maximum Gasteiger partial charge on any atom is 1.00 e. The van der Waals surface area contributed by atoms with Crippen LogP contribution in [0.5, 0.6) is 17.2 Å². The minimum absolute atomic E-state index is 0. The van der Waals surface area contributed by atoms with Crippen molar-refractivity contribution in [2.75, 3.05) is 6.61 Å². The molecule has 0 N–H and O–H groups in total. The fourth-order valence-electron chi connectivity index (χ4n) is 4.11. The van der Waals surface area contributed by atoms with E-state index in [4.69, 9.17) is 44.3 Å².